The highest BCUT2D eigenvalue weighted by molar-refractivity contribution is 6.10. The number of hydrogen-bond donors (Lipinski definition) is 2. The van der Waals surface area contributed by atoms with Crippen LogP contribution in [0, 0.1) is 5.82 Å². The smallest absolute Gasteiger partial charge is 0.325 e. The van der Waals surface area contributed by atoms with Crippen LogP contribution < -0.4 is 15.4 Å². The maximum absolute atomic E-state index is 13.2. The van der Waals surface area contributed by atoms with Crippen molar-refractivity contribution in [2.75, 3.05) is 32.2 Å². The third-order valence-corrected chi connectivity index (χ3v) is 4.69. The molecule has 0 aromatic heterocycles. The van der Waals surface area contributed by atoms with E-state index in [1.807, 2.05) is 0 Å². The van der Waals surface area contributed by atoms with Gasteiger partial charge in [-0.2, -0.15) is 0 Å². The maximum atomic E-state index is 13.2. The van der Waals surface area contributed by atoms with E-state index in [1.165, 1.54) is 31.2 Å². The lowest BCUT2D eigenvalue weighted by Gasteiger charge is -2.22. The average molecular weight is 415 g/mol. The standard InChI is InChI=1S/C21H22FN3O5/c1-21(14-3-5-15(22)6-4-14)19(27)25(20(28)24-21)13-18(26)23-16-7-9-17(10-8-16)30-12-11-29-2/h3-10H,11-13H2,1-2H3,(H,23,26)(H,24,28). The van der Waals surface area contributed by atoms with Gasteiger partial charge in [0.15, 0.2) is 0 Å². The molecule has 1 aliphatic rings. The van der Waals surface area contributed by atoms with Crippen LogP contribution in [-0.4, -0.2) is 49.6 Å². The van der Waals surface area contributed by atoms with Gasteiger partial charge in [0.2, 0.25) is 5.91 Å². The summed E-state index contributed by atoms with van der Waals surface area (Å²) in [4.78, 5) is 38.3. The van der Waals surface area contributed by atoms with Crippen LogP contribution in [0.25, 0.3) is 0 Å². The molecule has 1 fully saturated rings. The zero-order valence-corrected chi connectivity index (χ0v) is 16.6. The van der Waals surface area contributed by atoms with Crippen LogP contribution in [0.5, 0.6) is 5.75 Å². The first-order valence-electron chi connectivity index (χ1n) is 9.25. The first-order chi connectivity index (χ1) is 14.3. The Kier molecular flexibility index (Phi) is 6.31. The largest absolute Gasteiger partial charge is 0.491 e. The minimum absolute atomic E-state index is 0.404. The van der Waals surface area contributed by atoms with Gasteiger partial charge in [-0.05, 0) is 48.9 Å². The molecule has 2 aromatic rings. The Morgan fingerprint density at radius 3 is 2.40 bits per heavy atom. The molecule has 2 aromatic carbocycles. The van der Waals surface area contributed by atoms with Crippen LogP contribution in [0.1, 0.15) is 12.5 Å². The molecule has 30 heavy (non-hydrogen) atoms. The van der Waals surface area contributed by atoms with Gasteiger partial charge in [-0.3, -0.25) is 14.5 Å². The number of halogens is 1. The minimum atomic E-state index is -1.37. The van der Waals surface area contributed by atoms with Crippen LogP contribution in [0.3, 0.4) is 0 Å². The molecule has 3 rings (SSSR count). The van der Waals surface area contributed by atoms with Gasteiger partial charge in [-0.15, -0.1) is 0 Å². The highest BCUT2D eigenvalue weighted by Gasteiger charge is 2.49. The first kappa shape index (κ1) is 21.3. The maximum Gasteiger partial charge on any atom is 0.325 e. The van der Waals surface area contributed by atoms with Crippen LogP contribution in [0.2, 0.25) is 0 Å². The second-order valence-corrected chi connectivity index (χ2v) is 6.87. The number of imide groups is 1. The summed E-state index contributed by atoms with van der Waals surface area (Å²) < 4.78 is 23.5. The summed E-state index contributed by atoms with van der Waals surface area (Å²) in [6, 6.07) is 11.2. The van der Waals surface area contributed by atoms with E-state index in [0.29, 0.717) is 30.2 Å². The minimum Gasteiger partial charge on any atom is -0.491 e. The molecular weight excluding hydrogens is 393 g/mol. The van der Waals surface area contributed by atoms with E-state index >= 15 is 0 Å². The van der Waals surface area contributed by atoms with Crippen molar-refractivity contribution in [2.24, 2.45) is 0 Å². The Morgan fingerprint density at radius 2 is 1.77 bits per heavy atom. The first-order valence-corrected chi connectivity index (χ1v) is 9.25. The Bertz CT molecular complexity index is 933. The predicted octanol–water partition coefficient (Wildman–Crippen LogP) is 2.26. The fraction of sp³-hybridized carbons (Fsp3) is 0.286. The van der Waals surface area contributed by atoms with Gasteiger partial charge in [-0.25, -0.2) is 9.18 Å². The lowest BCUT2D eigenvalue weighted by atomic mass is 9.92. The van der Waals surface area contributed by atoms with Gasteiger partial charge in [0.25, 0.3) is 5.91 Å². The molecule has 9 heteroatoms. The summed E-state index contributed by atoms with van der Waals surface area (Å²) in [5.74, 6) is -0.953. The van der Waals surface area contributed by atoms with Crippen molar-refractivity contribution < 1.29 is 28.2 Å². The van der Waals surface area contributed by atoms with Crippen molar-refractivity contribution in [1.82, 2.24) is 10.2 Å². The molecule has 0 spiro atoms. The van der Waals surface area contributed by atoms with E-state index in [9.17, 15) is 18.8 Å². The Labute approximate surface area is 173 Å². The normalized spacial score (nSPS) is 18.3. The molecule has 0 radical (unpaired) electrons. The molecule has 1 aliphatic heterocycles. The molecule has 1 atom stereocenters. The fourth-order valence-corrected chi connectivity index (χ4v) is 3.04. The highest BCUT2D eigenvalue weighted by Crippen LogP contribution is 2.29. The Balaban J connectivity index is 1.61. The van der Waals surface area contributed by atoms with Crippen molar-refractivity contribution in [3.05, 3.63) is 59.9 Å². The molecule has 158 valence electrons. The zero-order chi connectivity index (χ0) is 21.7. The second-order valence-electron chi connectivity index (χ2n) is 6.87. The average Bonchev–Trinajstić information content (AvgIpc) is 2.94. The zero-order valence-electron chi connectivity index (χ0n) is 16.6. The van der Waals surface area contributed by atoms with E-state index in [-0.39, 0.29) is 0 Å². The topological polar surface area (TPSA) is 97.0 Å². The third-order valence-electron chi connectivity index (χ3n) is 4.69. The monoisotopic (exact) mass is 415 g/mol. The van der Waals surface area contributed by atoms with Crippen LogP contribution in [0.4, 0.5) is 14.9 Å². The molecule has 1 heterocycles. The van der Waals surface area contributed by atoms with Crippen molar-refractivity contribution in [3.8, 4) is 5.75 Å². The lowest BCUT2D eigenvalue weighted by molar-refractivity contribution is -0.133. The number of amides is 4. The number of carbonyl (C=O) groups excluding carboxylic acids is 3. The quantitative estimate of drug-likeness (QED) is 0.509. The van der Waals surface area contributed by atoms with E-state index in [2.05, 4.69) is 10.6 Å². The Morgan fingerprint density at radius 1 is 1.10 bits per heavy atom. The van der Waals surface area contributed by atoms with E-state index in [0.717, 1.165) is 4.90 Å². The molecule has 0 bridgehead atoms. The summed E-state index contributed by atoms with van der Waals surface area (Å²) in [6.45, 7) is 1.93. The molecule has 0 saturated carbocycles. The molecule has 1 unspecified atom stereocenters. The van der Waals surface area contributed by atoms with Crippen LogP contribution in [-0.2, 0) is 19.9 Å². The van der Waals surface area contributed by atoms with Crippen molar-refractivity contribution in [3.63, 3.8) is 0 Å². The molecule has 2 N–H and O–H groups in total. The predicted molar refractivity (Wildman–Crippen MR) is 106 cm³/mol. The van der Waals surface area contributed by atoms with Gasteiger partial charge in [0.1, 0.15) is 30.3 Å². The van der Waals surface area contributed by atoms with Crippen LogP contribution >= 0.6 is 0 Å². The van der Waals surface area contributed by atoms with Gasteiger partial charge < -0.3 is 20.1 Å². The number of rotatable bonds is 8. The summed E-state index contributed by atoms with van der Waals surface area (Å²) in [6.07, 6.45) is 0. The van der Waals surface area contributed by atoms with Gasteiger partial charge in [0, 0.05) is 12.8 Å². The number of benzene rings is 2. The molecule has 8 nitrogen and oxygen atoms in total. The number of ether oxygens (including phenoxy) is 2. The highest BCUT2D eigenvalue weighted by atomic mass is 19.1. The molecule has 0 aliphatic carbocycles. The van der Waals surface area contributed by atoms with Crippen molar-refractivity contribution >= 4 is 23.5 Å². The van der Waals surface area contributed by atoms with Crippen molar-refractivity contribution in [1.29, 1.82) is 0 Å². The van der Waals surface area contributed by atoms with Gasteiger partial charge in [0.05, 0.1) is 6.61 Å². The van der Waals surface area contributed by atoms with Gasteiger partial charge >= 0.3 is 6.03 Å². The van der Waals surface area contributed by atoms with Crippen LogP contribution in [0.15, 0.2) is 48.5 Å². The molecule has 4 amide bonds. The summed E-state index contributed by atoms with van der Waals surface area (Å²) >= 11 is 0. The number of nitrogens with one attached hydrogen (secondary N) is 2. The second kappa shape index (κ2) is 8.91. The van der Waals surface area contributed by atoms with E-state index < -0.39 is 35.7 Å². The number of hydrogen-bond acceptors (Lipinski definition) is 5. The van der Waals surface area contributed by atoms with Crippen molar-refractivity contribution in [2.45, 2.75) is 12.5 Å². The summed E-state index contributed by atoms with van der Waals surface area (Å²) in [7, 11) is 1.58. The summed E-state index contributed by atoms with van der Waals surface area (Å²) in [5, 5.41) is 5.21. The number of anilines is 1. The number of methoxy groups -OCH3 is 1. The summed E-state index contributed by atoms with van der Waals surface area (Å²) in [5.41, 5.74) is -0.451. The molecular formula is C21H22FN3O5. The van der Waals surface area contributed by atoms with E-state index in [4.69, 9.17) is 9.47 Å². The van der Waals surface area contributed by atoms with Gasteiger partial charge in [-0.1, -0.05) is 12.1 Å². The van der Waals surface area contributed by atoms with E-state index in [1.54, 1.807) is 31.4 Å². The number of nitrogens with zero attached hydrogens (tertiary/aromatic N) is 1. The number of carbonyl (C=O) groups is 3. The Hall–Kier alpha value is -3.46. The molecule has 1 saturated heterocycles. The fourth-order valence-electron chi connectivity index (χ4n) is 3.04. The SMILES string of the molecule is COCCOc1ccc(NC(=O)CN2C(=O)NC(C)(c3ccc(F)cc3)C2=O)cc1. The third kappa shape index (κ3) is 4.57. The lowest BCUT2D eigenvalue weighted by Crippen LogP contribution is -2.42. The number of urea groups is 1.